The molecule has 0 spiro atoms. The summed E-state index contributed by atoms with van der Waals surface area (Å²) < 4.78 is 5.15. The first-order chi connectivity index (χ1) is 7.87. The van der Waals surface area contributed by atoms with E-state index in [4.69, 9.17) is 15.6 Å². The number of amides is 1. The van der Waals surface area contributed by atoms with Crippen LogP contribution in [0, 0.1) is 5.41 Å². The second-order valence-electron chi connectivity index (χ2n) is 5.30. The standard InChI is InChI=1S/C11H18N2O4/c1-10(9(15)16)2-4-13(6-10)8(14)11(12)3-5-17-7-11/h2-7,12H2,1H3,(H,15,16). The molecule has 2 unspecified atom stereocenters. The maximum Gasteiger partial charge on any atom is 0.311 e. The molecule has 2 fully saturated rings. The van der Waals surface area contributed by atoms with Crippen molar-refractivity contribution in [3.8, 4) is 0 Å². The van der Waals surface area contributed by atoms with E-state index in [-0.39, 0.29) is 19.1 Å². The van der Waals surface area contributed by atoms with Crippen LogP contribution in [0.2, 0.25) is 0 Å². The van der Waals surface area contributed by atoms with Crippen molar-refractivity contribution in [3.63, 3.8) is 0 Å². The van der Waals surface area contributed by atoms with Gasteiger partial charge in [0.15, 0.2) is 0 Å². The Morgan fingerprint density at radius 3 is 2.59 bits per heavy atom. The number of carboxylic acids is 1. The molecule has 2 rings (SSSR count). The molecule has 2 aliphatic heterocycles. The zero-order valence-electron chi connectivity index (χ0n) is 9.94. The fraction of sp³-hybridized carbons (Fsp3) is 0.818. The van der Waals surface area contributed by atoms with E-state index in [2.05, 4.69) is 0 Å². The number of rotatable bonds is 2. The van der Waals surface area contributed by atoms with Crippen LogP contribution < -0.4 is 5.73 Å². The smallest absolute Gasteiger partial charge is 0.311 e. The van der Waals surface area contributed by atoms with E-state index in [0.717, 1.165) is 0 Å². The Bertz CT molecular complexity index is 351. The summed E-state index contributed by atoms with van der Waals surface area (Å²) in [4.78, 5) is 24.9. The summed E-state index contributed by atoms with van der Waals surface area (Å²) in [5, 5.41) is 9.11. The van der Waals surface area contributed by atoms with Crippen molar-refractivity contribution >= 4 is 11.9 Å². The lowest BCUT2D eigenvalue weighted by Crippen LogP contribution is -2.55. The largest absolute Gasteiger partial charge is 0.481 e. The third kappa shape index (κ3) is 2.02. The van der Waals surface area contributed by atoms with Gasteiger partial charge in [0.1, 0.15) is 5.54 Å². The molecule has 6 heteroatoms. The molecule has 0 bridgehead atoms. The zero-order chi connectivity index (χ0) is 12.7. The number of nitrogens with zero attached hydrogens (tertiary/aromatic N) is 1. The molecule has 0 aliphatic carbocycles. The van der Waals surface area contributed by atoms with Gasteiger partial charge in [-0.3, -0.25) is 9.59 Å². The fourth-order valence-corrected chi connectivity index (χ4v) is 2.37. The lowest BCUT2D eigenvalue weighted by Gasteiger charge is -2.28. The van der Waals surface area contributed by atoms with Gasteiger partial charge < -0.3 is 20.5 Å². The van der Waals surface area contributed by atoms with Gasteiger partial charge in [-0.15, -0.1) is 0 Å². The Hall–Kier alpha value is -1.14. The van der Waals surface area contributed by atoms with Crippen LogP contribution in [-0.4, -0.2) is 53.7 Å². The fourth-order valence-electron chi connectivity index (χ4n) is 2.37. The van der Waals surface area contributed by atoms with E-state index in [1.165, 1.54) is 0 Å². The number of nitrogens with two attached hydrogens (primary N) is 1. The number of ether oxygens (including phenoxy) is 1. The van der Waals surface area contributed by atoms with E-state index < -0.39 is 16.9 Å². The molecule has 96 valence electrons. The molecule has 2 aliphatic rings. The lowest BCUT2D eigenvalue weighted by atomic mass is 9.90. The monoisotopic (exact) mass is 242 g/mol. The average molecular weight is 242 g/mol. The van der Waals surface area contributed by atoms with Crippen LogP contribution >= 0.6 is 0 Å². The van der Waals surface area contributed by atoms with E-state index in [0.29, 0.717) is 26.0 Å². The van der Waals surface area contributed by atoms with Gasteiger partial charge in [-0.1, -0.05) is 0 Å². The molecule has 2 saturated heterocycles. The molecule has 0 aromatic heterocycles. The second kappa shape index (κ2) is 3.96. The number of hydrogen-bond donors (Lipinski definition) is 2. The molecule has 1 amide bonds. The predicted octanol–water partition coefficient (Wildman–Crippen LogP) is -0.573. The van der Waals surface area contributed by atoms with E-state index >= 15 is 0 Å². The molecule has 0 aromatic carbocycles. The summed E-state index contributed by atoms with van der Waals surface area (Å²) >= 11 is 0. The number of carbonyl (C=O) groups is 2. The van der Waals surface area contributed by atoms with Crippen LogP contribution in [0.15, 0.2) is 0 Å². The van der Waals surface area contributed by atoms with Gasteiger partial charge in [-0.05, 0) is 19.8 Å². The molecule has 3 N–H and O–H groups in total. The number of carboxylic acid groups (broad SMARTS) is 1. The average Bonchev–Trinajstić information content (AvgIpc) is 2.86. The highest BCUT2D eigenvalue weighted by Gasteiger charge is 2.47. The molecular weight excluding hydrogens is 224 g/mol. The van der Waals surface area contributed by atoms with Crippen molar-refractivity contribution < 1.29 is 19.4 Å². The van der Waals surface area contributed by atoms with E-state index in [1.807, 2.05) is 0 Å². The van der Waals surface area contributed by atoms with Crippen molar-refractivity contribution in [2.75, 3.05) is 26.3 Å². The quantitative estimate of drug-likeness (QED) is 0.676. The summed E-state index contributed by atoms with van der Waals surface area (Å²) in [6, 6.07) is 0. The summed E-state index contributed by atoms with van der Waals surface area (Å²) in [6.45, 7) is 3.08. The van der Waals surface area contributed by atoms with Gasteiger partial charge in [-0.25, -0.2) is 0 Å². The molecule has 6 nitrogen and oxygen atoms in total. The summed E-state index contributed by atoms with van der Waals surface area (Å²) in [7, 11) is 0. The van der Waals surface area contributed by atoms with Crippen LogP contribution in [0.4, 0.5) is 0 Å². The van der Waals surface area contributed by atoms with E-state index in [9.17, 15) is 9.59 Å². The van der Waals surface area contributed by atoms with Crippen LogP contribution in [0.25, 0.3) is 0 Å². The zero-order valence-corrected chi connectivity index (χ0v) is 9.94. The van der Waals surface area contributed by atoms with Crippen LogP contribution in [0.1, 0.15) is 19.8 Å². The maximum atomic E-state index is 12.2. The molecule has 2 atom stereocenters. The highest BCUT2D eigenvalue weighted by molar-refractivity contribution is 5.88. The van der Waals surface area contributed by atoms with Crippen molar-refractivity contribution in [2.45, 2.75) is 25.3 Å². The van der Waals surface area contributed by atoms with Gasteiger partial charge in [0, 0.05) is 19.7 Å². The highest BCUT2D eigenvalue weighted by atomic mass is 16.5. The van der Waals surface area contributed by atoms with E-state index in [1.54, 1.807) is 11.8 Å². The molecule has 0 saturated carbocycles. The highest BCUT2D eigenvalue weighted by Crippen LogP contribution is 2.32. The minimum Gasteiger partial charge on any atom is -0.481 e. The van der Waals surface area contributed by atoms with Crippen molar-refractivity contribution in [1.82, 2.24) is 4.90 Å². The molecule has 0 aromatic rings. The second-order valence-corrected chi connectivity index (χ2v) is 5.30. The van der Waals surface area contributed by atoms with Crippen molar-refractivity contribution in [1.29, 1.82) is 0 Å². The molecular formula is C11H18N2O4. The predicted molar refractivity (Wildman–Crippen MR) is 59.3 cm³/mol. The van der Waals surface area contributed by atoms with Gasteiger partial charge in [0.2, 0.25) is 5.91 Å². The van der Waals surface area contributed by atoms with Crippen molar-refractivity contribution in [2.24, 2.45) is 11.1 Å². The molecule has 0 radical (unpaired) electrons. The lowest BCUT2D eigenvalue weighted by molar-refractivity contribution is -0.147. The first-order valence-electron chi connectivity index (χ1n) is 5.77. The minimum atomic E-state index is -0.955. The van der Waals surface area contributed by atoms with Gasteiger partial charge in [0.25, 0.3) is 0 Å². The summed E-state index contributed by atoms with van der Waals surface area (Å²) in [5.41, 5.74) is 4.19. The number of carbonyl (C=O) groups excluding carboxylic acids is 1. The Balaban J connectivity index is 2.06. The first kappa shape index (κ1) is 12.3. The Labute approximate surface area is 99.7 Å². The topological polar surface area (TPSA) is 92.9 Å². The number of aliphatic carboxylic acids is 1. The first-order valence-corrected chi connectivity index (χ1v) is 5.77. The molecule has 17 heavy (non-hydrogen) atoms. The Kier molecular flexibility index (Phi) is 2.87. The Morgan fingerprint density at radius 1 is 1.41 bits per heavy atom. The SMILES string of the molecule is CC1(C(=O)O)CCN(C(=O)C2(N)CCOC2)C1. The number of hydrogen-bond acceptors (Lipinski definition) is 4. The number of likely N-dealkylation sites (tertiary alicyclic amines) is 1. The van der Waals surface area contributed by atoms with Crippen LogP contribution in [0.3, 0.4) is 0 Å². The molecule has 2 heterocycles. The normalized spacial score (nSPS) is 37.4. The minimum absolute atomic E-state index is 0.181. The third-order valence-electron chi connectivity index (χ3n) is 3.75. The van der Waals surface area contributed by atoms with Crippen LogP contribution in [-0.2, 0) is 14.3 Å². The Morgan fingerprint density at radius 2 is 2.12 bits per heavy atom. The summed E-state index contributed by atoms with van der Waals surface area (Å²) in [6.07, 6.45) is 0.983. The maximum absolute atomic E-state index is 12.2. The van der Waals surface area contributed by atoms with Crippen LogP contribution in [0.5, 0.6) is 0 Å². The van der Waals surface area contributed by atoms with Gasteiger partial charge in [-0.2, -0.15) is 0 Å². The van der Waals surface area contributed by atoms with Crippen molar-refractivity contribution in [3.05, 3.63) is 0 Å². The summed E-state index contributed by atoms with van der Waals surface area (Å²) in [5.74, 6) is -1.04. The third-order valence-corrected chi connectivity index (χ3v) is 3.75. The van der Waals surface area contributed by atoms with Gasteiger partial charge >= 0.3 is 5.97 Å². The van der Waals surface area contributed by atoms with Gasteiger partial charge in [0.05, 0.1) is 12.0 Å².